The van der Waals surface area contributed by atoms with Gasteiger partial charge in [0.1, 0.15) is 0 Å². The van der Waals surface area contributed by atoms with Crippen molar-refractivity contribution in [2.24, 2.45) is 0 Å². The zero-order valence-corrected chi connectivity index (χ0v) is 14.1. The maximum absolute atomic E-state index is 4.92. The van der Waals surface area contributed by atoms with E-state index in [-0.39, 0.29) is 0 Å². The molecule has 0 amide bonds. The van der Waals surface area contributed by atoms with Gasteiger partial charge in [-0.25, -0.2) is 4.98 Å². The summed E-state index contributed by atoms with van der Waals surface area (Å²) in [5.74, 6) is 0.651. The van der Waals surface area contributed by atoms with Gasteiger partial charge in [0.25, 0.3) is 0 Å². The quantitative estimate of drug-likeness (QED) is 0.697. The lowest BCUT2D eigenvalue weighted by Gasteiger charge is -2.10. The van der Waals surface area contributed by atoms with E-state index in [9.17, 15) is 0 Å². The summed E-state index contributed by atoms with van der Waals surface area (Å²) in [6, 6.07) is 0.591. The Bertz CT molecular complexity index is 356. The lowest BCUT2D eigenvalue weighted by Crippen LogP contribution is -2.24. The van der Waals surface area contributed by atoms with Crippen molar-refractivity contribution in [2.45, 2.75) is 85.2 Å². The second-order valence-electron chi connectivity index (χ2n) is 5.38. The van der Waals surface area contributed by atoms with Crippen LogP contribution >= 0.6 is 11.3 Å². The molecule has 0 radical (unpaired) electrons. The number of hydrogen-bond donors (Lipinski definition) is 1. The molecule has 1 N–H and O–H groups in total. The van der Waals surface area contributed by atoms with Crippen LogP contribution in [0.25, 0.3) is 0 Å². The average Bonchev–Trinajstić information content (AvgIpc) is 2.81. The highest BCUT2D eigenvalue weighted by Gasteiger charge is 2.16. The van der Waals surface area contributed by atoms with Crippen molar-refractivity contribution in [3.05, 3.63) is 15.6 Å². The third kappa shape index (κ3) is 4.88. The molecule has 19 heavy (non-hydrogen) atoms. The molecule has 0 aliphatic heterocycles. The summed E-state index contributed by atoms with van der Waals surface area (Å²) in [6.07, 6.45) is 5.89. The molecule has 0 saturated heterocycles. The highest BCUT2D eigenvalue weighted by Crippen LogP contribution is 2.30. The van der Waals surface area contributed by atoms with Crippen molar-refractivity contribution in [1.29, 1.82) is 0 Å². The van der Waals surface area contributed by atoms with E-state index in [0.29, 0.717) is 12.0 Å². The predicted molar refractivity (Wildman–Crippen MR) is 86.0 cm³/mol. The second kappa shape index (κ2) is 8.70. The van der Waals surface area contributed by atoms with Crippen LogP contribution in [0.2, 0.25) is 0 Å². The minimum atomic E-state index is 0.591. The molecule has 0 saturated carbocycles. The Labute approximate surface area is 123 Å². The van der Waals surface area contributed by atoms with Crippen LogP contribution in [0.4, 0.5) is 0 Å². The first-order valence-corrected chi connectivity index (χ1v) is 8.69. The van der Waals surface area contributed by atoms with Crippen molar-refractivity contribution < 1.29 is 0 Å². The third-order valence-electron chi connectivity index (χ3n) is 3.84. The maximum atomic E-state index is 4.92. The number of aryl methyl sites for hydroxylation is 1. The molecule has 1 atom stereocenters. The SMILES string of the molecule is CCCc1nc(C(CC)CC)sc1CNC(C)CC. The van der Waals surface area contributed by atoms with Gasteiger partial charge in [0, 0.05) is 23.4 Å². The number of aromatic nitrogens is 1. The number of nitrogens with one attached hydrogen (secondary N) is 1. The molecule has 0 aromatic carbocycles. The van der Waals surface area contributed by atoms with Gasteiger partial charge >= 0.3 is 0 Å². The van der Waals surface area contributed by atoms with Crippen LogP contribution in [0.3, 0.4) is 0 Å². The van der Waals surface area contributed by atoms with E-state index in [2.05, 4.69) is 39.9 Å². The van der Waals surface area contributed by atoms with E-state index in [1.807, 2.05) is 11.3 Å². The molecule has 0 bridgehead atoms. The van der Waals surface area contributed by atoms with E-state index in [0.717, 1.165) is 13.0 Å². The maximum Gasteiger partial charge on any atom is 0.0962 e. The minimum Gasteiger partial charge on any atom is -0.309 e. The summed E-state index contributed by atoms with van der Waals surface area (Å²) in [7, 11) is 0. The fraction of sp³-hybridized carbons (Fsp3) is 0.812. The molecule has 2 nitrogen and oxygen atoms in total. The van der Waals surface area contributed by atoms with Gasteiger partial charge in [-0.05, 0) is 32.6 Å². The molecule has 1 rings (SSSR count). The summed E-state index contributed by atoms with van der Waals surface area (Å²) < 4.78 is 0. The largest absolute Gasteiger partial charge is 0.309 e. The Balaban J connectivity index is 2.81. The lowest BCUT2D eigenvalue weighted by molar-refractivity contribution is 0.535. The van der Waals surface area contributed by atoms with Crippen LogP contribution < -0.4 is 5.32 Å². The molecule has 0 spiro atoms. The normalized spacial score (nSPS) is 13.2. The molecule has 0 fully saturated rings. The first kappa shape index (κ1) is 16.6. The number of nitrogens with zero attached hydrogens (tertiary/aromatic N) is 1. The number of hydrogen-bond acceptors (Lipinski definition) is 3. The molecule has 1 heterocycles. The average molecular weight is 282 g/mol. The van der Waals surface area contributed by atoms with Gasteiger partial charge in [-0.2, -0.15) is 0 Å². The van der Waals surface area contributed by atoms with Crippen LogP contribution in [-0.4, -0.2) is 11.0 Å². The molecular weight excluding hydrogens is 252 g/mol. The van der Waals surface area contributed by atoms with Crippen molar-refractivity contribution >= 4 is 11.3 Å². The van der Waals surface area contributed by atoms with E-state index in [1.165, 1.54) is 41.3 Å². The zero-order valence-electron chi connectivity index (χ0n) is 13.3. The highest BCUT2D eigenvalue weighted by molar-refractivity contribution is 7.11. The summed E-state index contributed by atoms with van der Waals surface area (Å²) in [4.78, 5) is 6.39. The molecule has 0 aliphatic carbocycles. The van der Waals surface area contributed by atoms with E-state index in [1.54, 1.807) is 0 Å². The van der Waals surface area contributed by atoms with E-state index < -0.39 is 0 Å². The van der Waals surface area contributed by atoms with Crippen LogP contribution in [0.1, 0.15) is 81.8 Å². The van der Waals surface area contributed by atoms with Crippen LogP contribution in [0.15, 0.2) is 0 Å². The van der Waals surface area contributed by atoms with Gasteiger partial charge in [-0.15, -0.1) is 11.3 Å². The summed E-state index contributed by atoms with van der Waals surface area (Å²) in [5.41, 5.74) is 1.34. The van der Waals surface area contributed by atoms with Crippen LogP contribution in [0.5, 0.6) is 0 Å². The molecule has 110 valence electrons. The van der Waals surface area contributed by atoms with Gasteiger partial charge in [-0.1, -0.05) is 34.1 Å². The van der Waals surface area contributed by atoms with Crippen molar-refractivity contribution in [1.82, 2.24) is 10.3 Å². The monoisotopic (exact) mass is 282 g/mol. The Morgan fingerprint density at radius 2 is 1.79 bits per heavy atom. The first-order valence-electron chi connectivity index (χ1n) is 7.87. The van der Waals surface area contributed by atoms with E-state index >= 15 is 0 Å². The summed E-state index contributed by atoms with van der Waals surface area (Å²) >= 11 is 1.94. The number of rotatable bonds is 9. The minimum absolute atomic E-state index is 0.591. The fourth-order valence-electron chi connectivity index (χ4n) is 2.20. The molecule has 1 aromatic rings. The fourth-order valence-corrected chi connectivity index (χ4v) is 3.53. The Morgan fingerprint density at radius 1 is 1.11 bits per heavy atom. The van der Waals surface area contributed by atoms with Gasteiger partial charge in [0.05, 0.1) is 10.7 Å². The topological polar surface area (TPSA) is 24.9 Å². The van der Waals surface area contributed by atoms with Crippen molar-refractivity contribution in [2.75, 3.05) is 0 Å². The summed E-state index contributed by atoms with van der Waals surface area (Å²) in [5, 5.41) is 4.96. The Morgan fingerprint density at radius 3 is 2.32 bits per heavy atom. The lowest BCUT2D eigenvalue weighted by atomic mass is 10.1. The predicted octanol–water partition coefficient (Wildman–Crippen LogP) is 4.89. The zero-order chi connectivity index (χ0) is 14.3. The highest BCUT2D eigenvalue weighted by atomic mass is 32.1. The third-order valence-corrected chi connectivity index (χ3v) is 5.10. The molecular formula is C16H30N2S. The van der Waals surface area contributed by atoms with Crippen molar-refractivity contribution in [3.8, 4) is 0 Å². The first-order chi connectivity index (χ1) is 9.15. The van der Waals surface area contributed by atoms with Gasteiger partial charge in [0.2, 0.25) is 0 Å². The van der Waals surface area contributed by atoms with Crippen LogP contribution in [-0.2, 0) is 13.0 Å². The van der Waals surface area contributed by atoms with Crippen LogP contribution in [0, 0.1) is 0 Å². The summed E-state index contributed by atoms with van der Waals surface area (Å²) in [6.45, 7) is 12.2. The van der Waals surface area contributed by atoms with Gasteiger partial charge in [-0.3, -0.25) is 0 Å². The van der Waals surface area contributed by atoms with E-state index in [4.69, 9.17) is 4.98 Å². The molecule has 0 aliphatic rings. The molecule has 3 heteroatoms. The van der Waals surface area contributed by atoms with Gasteiger partial charge in [0.15, 0.2) is 0 Å². The molecule has 1 aromatic heterocycles. The Hall–Kier alpha value is -0.410. The smallest absolute Gasteiger partial charge is 0.0962 e. The Kier molecular flexibility index (Phi) is 7.62. The second-order valence-corrected chi connectivity index (χ2v) is 6.49. The van der Waals surface area contributed by atoms with Gasteiger partial charge < -0.3 is 5.32 Å². The molecule has 1 unspecified atom stereocenters. The standard InChI is InChI=1S/C16H30N2S/c1-6-10-14-15(11-17-12(5)7-2)19-16(18-14)13(8-3)9-4/h12-13,17H,6-11H2,1-5H3. The number of thiazole rings is 1. The van der Waals surface area contributed by atoms with Crippen molar-refractivity contribution in [3.63, 3.8) is 0 Å².